The molecule has 0 aromatic heterocycles. The molecule has 2 N–H and O–H groups in total. The van der Waals surface area contributed by atoms with Crippen LogP contribution in [-0.4, -0.2) is 21.9 Å². The molecule has 0 saturated heterocycles. The molecule has 2 nitrogen and oxygen atoms in total. The Morgan fingerprint density at radius 3 is 2.28 bits per heavy atom. The third kappa shape index (κ3) is 3.84. The lowest BCUT2D eigenvalue weighted by atomic mass is 9.43. The van der Waals surface area contributed by atoms with Crippen LogP contribution in [0.2, 0.25) is 0 Å². The quantitative estimate of drug-likeness (QED) is 0.543. The number of aliphatic hydroxyl groups excluding tert-OH is 1. The Labute approximate surface area is 180 Å². The maximum atomic E-state index is 10.7. The van der Waals surface area contributed by atoms with Gasteiger partial charge < -0.3 is 10.2 Å². The SMILES string of the molecule is C[C@H](CCC[C@@H](C)O)[C@H]1CC[C@H]2[C@@H]3CC[C@@H]4C[C@@](C)(O)CC[C@]4(C)[C@H]3CCC12C. The summed E-state index contributed by atoms with van der Waals surface area (Å²) in [5.74, 6) is 5.21. The number of aliphatic hydroxyl groups is 2. The molecule has 168 valence electrons. The zero-order valence-electron chi connectivity index (χ0n) is 19.9. The third-order valence-electron chi connectivity index (χ3n) is 11.0. The Hall–Kier alpha value is -0.0800. The van der Waals surface area contributed by atoms with E-state index in [2.05, 4.69) is 27.7 Å². The van der Waals surface area contributed by atoms with Crippen LogP contribution >= 0.6 is 0 Å². The summed E-state index contributed by atoms with van der Waals surface area (Å²) >= 11 is 0. The summed E-state index contributed by atoms with van der Waals surface area (Å²) in [6, 6.07) is 0. The van der Waals surface area contributed by atoms with E-state index in [9.17, 15) is 10.2 Å². The highest BCUT2D eigenvalue weighted by Crippen LogP contribution is 2.68. The van der Waals surface area contributed by atoms with Crippen LogP contribution < -0.4 is 0 Å². The van der Waals surface area contributed by atoms with E-state index in [1.807, 2.05) is 6.92 Å². The summed E-state index contributed by atoms with van der Waals surface area (Å²) in [6.45, 7) is 11.8. The third-order valence-corrected chi connectivity index (χ3v) is 11.0. The van der Waals surface area contributed by atoms with E-state index in [1.54, 1.807) is 0 Å². The average molecular weight is 405 g/mol. The summed E-state index contributed by atoms with van der Waals surface area (Å²) < 4.78 is 0. The maximum absolute atomic E-state index is 10.7. The molecule has 29 heavy (non-hydrogen) atoms. The summed E-state index contributed by atoms with van der Waals surface area (Å²) in [6.07, 6.45) is 15.1. The van der Waals surface area contributed by atoms with E-state index in [1.165, 1.54) is 57.8 Å². The number of hydrogen-bond acceptors (Lipinski definition) is 2. The van der Waals surface area contributed by atoms with Crippen molar-refractivity contribution >= 4 is 0 Å². The van der Waals surface area contributed by atoms with Crippen LogP contribution in [0.25, 0.3) is 0 Å². The van der Waals surface area contributed by atoms with Gasteiger partial charge in [-0.2, -0.15) is 0 Å². The van der Waals surface area contributed by atoms with Crippen LogP contribution in [0.3, 0.4) is 0 Å². The molecule has 0 aromatic rings. The van der Waals surface area contributed by atoms with E-state index in [0.717, 1.165) is 54.8 Å². The number of hydrogen-bond donors (Lipinski definition) is 2. The Morgan fingerprint density at radius 2 is 1.55 bits per heavy atom. The molecule has 4 aliphatic rings. The molecule has 4 fully saturated rings. The van der Waals surface area contributed by atoms with Crippen LogP contribution in [-0.2, 0) is 0 Å². The van der Waals surface area contributed by atoms with E-state index < -0.39 is 5.60 Å². The van der Waals surface area contributed by atoms with Gasteiger partial charge >= 0.3 is 0 Å². The van der Waals surface area contributed by atoms with Gasteiger partial charge in [0.2, 0.25) is 0 Å². The second-order valence-electron chi connectivity index (χ2n) is 12.8. The topological polar surface area (TPSA) is 40.5 Å². The second kappa shape index (κ2) is 7.80. The highest BCUT2D eigenvalue weighted by atomic mass is 16.3. The molecule has 0 bridgehead atoms. The van der Waals surface area contributed by atoms with Gasteiger partial charge in [-0.3, -0.25) is 0 Å². The van der Waals surface area contributed by atoms with Gasteiger partial charge in [-0.25, -0.2) is 0 Å². The minimum atomic E-state index is -0.417. The lowest BCUT2D eigenvalue weighted by Crippen LogP contribution is -2.55. The van der Waals surface area contributed by atoms with Crippen molar-refractivity contribution in [3.8, 4) is 0 Å². The standard InChI is InChI=1S/C27H48O2/c1-18(7-6-8-19(2)28)22-11-12-23-21-10-9-20-17-25(3,29)15-16-26(20,4)24(21)13-14-27(22,23)5/h18-24,28-29H,6-17H2,1-5H3/t18-,19-,20-,21+,22-,23+,24+,25+,26+,27?/m1/s1. The van der Waals surface area contributed by atoms with Crippen molar-refractivity contribution in [3.05, 3.63) is 0 Å². The first kappa shape index (κ1) is 22.1. The largest absolute Gasteiger partial charge is 0.393 e. The first-order valence-electron chi connectivity index (χ1n) is 13.0. The Morgan fingerprint density at radius 1 is 0.828 bits per heavy atom. The fourth-order valence-corrected chi connectivity index (χ4v) is 9.34. The molecule has 1 unspecified atom stereocenters. The first-order valence-corrected chi connectivity index (χ1v) is 13.0. The van der Waals surface area contributed by atoms with Crippen LogP contribution in [0.4, 0.5) is 0 Å². The van der Waals surface area contributed by atoms with E-state index in [-0.39, 0.29) is 6.10 Å². The lowest BCUT2D eigenvalue weighted by Gasteiger charge is -2.62. The summed E-state index contributed by atoms with van der Waals surface area (Å²) in [5, 5.41) is 20.3. The normalized spacial score (nSPS) is 51.6. The fraction of sp³-hybridized carbons (Fsp3) is 1.00. The smallest absolute Gasteiger partial charge is 0.0622 e. The van der Waals surface area contributed by atoms with Gasteiger partial charge in [0.15, 0.2) is 0 Å². The lowest BCUT2D eigenvalue weighted by molar-refractivity contribution is -0.148. The second-order valence-corrected chi connectivity index (χ2v) is 12.8. The zero-order chi connectivity index (χ0) is 21.0. The maximum Gasteiger partial charge on any atom is 0.0622 e. The molecule has 2 heteroatoms. The Kier molecular flexibility index (Phi) is 5.95. The zero-order valence-corrected chi connectivity index (χ0v) is 19.9. The van der Waals surface area contributed by atoms with Gasteiger partial charge in [0.05, 0.1) is 11.7 Å². The minimum absolute atomic E-state index is 0.142. The van der Waals surface area contributed by atoms with Gasteiger partial charge in [0.25, 0.3) is 0 Å². The van der Waals surface area contributed by atoms with E-state index in [0.29, 0.717) is 10.8 Å². The van der Waals surface area contributed by atoms with E-state index >= 15 is 0 Å². The van der Waals surface area contributed by atoms with Crippen molar-refractivity contribution in [2.24, 2.45) is 46.3 Å². The van der Waals surface area contributed by atoms with Gasteiger partial charge in [-0.05, 0) is 124 Å². The van der Waals surface area contributed by atoms with Crippen molar-refractivity contribution in [1.82, 2.24) is 0 Å². The molecule has 10 atom stereocenters. The Balaban J connectivity index is 1.46. The van der Waals surface area contributed by atoms with Crippen molar-refractivity contribution in [1.29, 1.82) is 0 Å². The highest BCUT2D eigenvalue weighted by molar-refractivity contribution is 5.10. The molecular weight excluding hydrogens is 356 g/mol. The summed E-state index contributed by atoms with van der Waals surface area (Å²) in [4.78, 5) is 0. The van der Waals surface area contributed by atoms with Crippen LogP contribution in [0, 0.1) is 46.3 Å². The molecule has 0 aliphatic heterocycles. The summed E-state index contributed by atoms with van der Waals surface area (Å²) in [5.41, 5.74) is 0.613. The first-order chi connectivity index (χ1) is 13.6. The predicted octanol–water partition coefficient (Wildman–Crippen LogP) is 6.58. The van der Waals surface area contributed by atoms with Crippen molar-refractivity contribution in [2.45, 2.75) is 123 Å². The van der Waals surface area contributed by atoms with Crippen LogP contribution in [0.5, 0.6) is 0 Å². The average Bonchev–Trinajstić information content (AvgIpc) is 2.99. The van der Waals surface area contributed by atoms with Crippen LogP contribution in [0.1, 0.15) is 112 Å². The molecule has 4 rings (SSSR count). The molecule has 0 radical (unpaired) electrons. The molecule has 4 aliphatic carbocycles. The monoisotopic (exact) mass is 404 g/mol. The van der Waals surface area contributed by atoms with Crippen molar-refractivity contribution in [2.75, 3.05) is 0 Å². The molecule has 0 aromatic carbocycles. The summed E-state index contributed by atoms with van der Waals surface area (Å²) in [7, 11) is 0. The highest BCUT2D eigenvalue weighted by Gasteiger charge is 2.61. The Bertz CT molecular complexity index is 583. The van der Waals surface area contributed by atoms with Crippen LogP contribution in [0.15, 0.2) is 0 Å². The van der Waals surface area contributed by atoms with E-state index in [4.69, 9.17) is 0 Å². The molecular formula is C27H48O2. The molecule has 0 heterocycles. The van der Waals surface area contributed by atoms with Gasteiger partial charge in [0.1, 0.15) is 0 Å². The predicted molar refractivity (Wildman–Crippen MR) is 121 cm³/mol. The van der Waals surface area contributed by atoms with Crippen molar-refractivity contribution in [3.63, 3.8) is 0 Å². The molecule has 0 amide bonds. The van der Waals surface area contributed by atoms with Gasteiger partial charge in [-0.1, -0.05) is 33.6 Å². The fourth-order valence-electron chi connectivity index (χ4n) is 9.34. The van der Waals surface area contributed by atoms with Crippen molar-refractivity contribution < 1.29 is 10.2 Å². The van der Waals surface area contributed by atoms with Gasteiger partial charge in [-0.15, -0.1) is 0 Å². The number of rotatable bonds is 5. The molecule has 4 saturated carbocycles. The van der Waals surface area contributed by atoms with Gasteiger partial charge in [0, 0.05) is 0 Å². The number of fused-ring (bicyclic) bond motifs is 5. The minimum Gasteiger partial charge on any atom is -0.393 e. The molecule has 0 spiro atoms.